The van der Waals surface area contributed by atoms with E-state index >= 15 is 0 Å². The van der Waals surface area contributed by atoms with E-state index in [1.807, 2.05) is 6.92 Å². The van der Waals surface area contributed by atoms with Gasteiger partial charge in [0.05, 0.1) is 0 Å². The van der Waals surface area contributed by atoms with Crippen LogP contribution in [0.15, 0.2) is 11.6 Å². The van der Waals surface area contributed by atoms with Crippen LogP contribution in [0, 0.1) is 11.3 Å². The number of allylic oxidation sites excluding steroid dienone is 2. The molecular formula is C10H12Cl2O. The van der Waals surface area contributed by atoms with Crippen molar-refractivity contribution in [2.24, 2.45) is 11.3 Å². The van der Waals surface area contributed by atoms with Gasteiger partial charge in [0.25, 0.3) is 0 Å². The number of carbonyl (C=O) groups is 1. The van der Waals surface area contributed by atoms with E-state index < -0.39 is 4.33 Å². The Morgan fingerprint density at radius 3 is 2.77 bits per heavy atom. The molecule has 2 atom stereocenters. The topological polar surface area (TPSA) is 17.1 Å². The number of Topliss-reactive ketones (excluding diaryl/α,β-unsaturated/α-hetero) is 1. The monoisotopic (exact) mass is 218 g/mol. The minimum Gasteiger partial charge on any atom is -0.296 e. The largest absolute Gasteiger partial charge is 0.296 e. The van der Waals surface area contributed by atoms with Crippen molar-refractivity contribution in [2.45, 2.75) is 31.0 Å². The molecule has 0 spiro atoms. The molecule has 0 radical (unpaired) electrons. The first-order chi connectivity index (χ1) is 5.89. The van der Waals surface area contributed by atoms with Crippen molar-refractivity contribution >= 4 is 29.0 Å². The van der Waals surface area contributed by atoms with Gasteiger partial charge in [0.2, 0.25) is 0 Å². The molecule has 0 heterocycles. The van der Waals surface area contributed by atoms with Gasteiger partial charge in [-0.2, -0.15) is 0 Å². The molecular weight excluding hydrogens is 207 g/mol. The van der Waals surface area contributed by atoms with Gasteiger partial charge in [-0.05, 0) is 19.8 Å². The fourth-order valence-electron chi connectivity index (χ4n) is 2.37. The van der Waals surface area contributed by atoms with Gasteiger partial charge < -0.3 is 0 Å². The Hall–Kier alpha value is -0.0100. The summed E-state index contributed by atoms with van der Waals surface area (Å²) in [5.74, 6) is 0.0154. The Bertz CT molecular complexity index is 306. The molecule has 2 aliphatic rings. The summed E-state index contributed by atoms with van der Waals surface area (Å²) in [5, 5.41) is 0. The summed E-state index contributed by atoms with van der Waals surface area (Å²) in [6, 6.07) is 0. The highest BCUT2D eigenvalue weighted by Crippen LogP contribution is 2.61. The second-order valence-corrected chi connectivity index (χ2v) is 5.75. The molecule has 0 aromatic carbocycles. The van der Waals surface area contributed by atoms with Crippen LogP contribution in [0.5, 0.6) is 0 Å². The predicted molar refractivity (Wildman–Crippen MR) is 54.0 cm³/mol. The van der Waals surface area contributed by atoms with E-state index in [0.717, 1.165) is 12.8 Å². The normalized spacial score (nSPS) is 42.0. The molecule has 13 heavy (non-hydrogen) atoms. The molecule has 0 amide bonds. The van der Waals surface area contributed by atoms with Gasteiger partial charge in [-0.15, -0.1) is 0 Å². The summed E-state index contributed by atoms with van der Waals surface area (Å²) < 4.78 is -1.16. The summed E-state index contributed by atoms with van der Waals surface area (Å²) in [6.45, 7) is 4.03. The van der Waals surface area contributed by atoms with Gasteiger partial charge in [-0.3, -0.25) is 4.79 Å². The molecule has 2 rings (SSSR count). The van der Waals surface area contributed by atoms with Gasteiger partial charge in [0, 0.05) is 11.3 Å². The van der Waals surface area contributed by atoms with Crippen LogP contribution in [-0.2, 0) is 4.79 Å². The fraction of sp³-hybridized carbons (Fsp3) is 0.700. The van der Waals surface area contributed by atoms with E-state index in [1.165, 1.54) is 5.57 Å². The van der Waals surface area contributed by atoms with Crippen molar-refractivity contribution in [3.05, 3.63) is 11.6 Å². The van der Waals surface area contributed by atoms with E-state index in [1.54, 1.807) is 0 Å². The van der Waals surface area contributed by atoms with Crippen LogP contribution in [-0.4, -0.2) is 10.1 Å². The zero-order valence-electron chi connectivity index (χ0n) is 7.73. The third-order valence-corrected chi connectivity index (χ3v) is 4.20. The number of fused-ring (bicyclic) bond motifs is 1. The number of ketones is 1. The Labute approximate surface area is 88.1 Å². The predicted octanol–water partition coefficient (Wildman–Crippen LogP) is 3.11. The molecule has 2 unspecified atom stereocenters. The number of rotatable bonds is 0. The van der Waals surface area contributed by atoms with E-state index in [9.17, 15) is 4.79 Å². The molecule has 0 bridgehead atoms. The number of halogens is 2. The van der Waals surface area contributed by atoms with E-state index in [0.29, 0.717) is 0 Å². The summed E-state index contributed by atoms with van der Waals surface area (Å²) in [4.78, 5) is 11.7. The average Bonchev–Trinajstić information content (AvgIpc) is 2.08. The smallest absolute Gasteiger partial charge is 0.183 e. The molecule has 0 aliphatic heterocycles. The molecule has 0 saturated heterocycles. The first-order valence-corrected chi connectivity index (χ1v) is 5.24. The highest BCUT2D eigenvalue weighted by atomic mass is 35.5. The maximum atomic E-state index is 11.7. The molecule has 0 N–H and O–H groups in total. The molecule has 3 heteroatoms. The Morgan fingerprint density at radius 1 is 1.54 bits per heavy atom. The van der Waals surface area contributed by atoms with Crippen molar-refractivity contribution in [3.63, 3.8) is 0 Å². The van der Waals surface area contributed by atoms with Crippen molar-refractivity contribution in [1.29, 1.82) is 0 Å². The minimum absolute atomic E-state index is 0.00270. The minimum atomic E-state index is -1.16. The Morgan fingerprint density at radius 2 is 2.15 bits per heavy atom. The summed E-state index contributed by atoms with van der Waals surface area (Å²) in [5.41, 5.74) is 1.00. The highest BCUT2D eigenvalue weighted by Gasteiger charge is 2.67. The van der Waals surface area contributed by atoms with E-state index in [4.69, 9.17) is 23.2 Å². The zero-order chi connectivity index (χ0) is 9.85. The molecule has 72 valence electrons. The van der Waals surface area contributed by atoms with Crippen LogP contribution in [0.4, 0.5) is 0 Å². The molecule has 0 aromatic heterocycles. The SMILES string of the molecule is CC1=CC2C(Cl)(Cl)C(=O)C2(C)CC1. The van der Waals surface area contributed by atoms with Crippen LogP contribution in [0.1, 0.15) is 26.7 Å². The average molecular weight is 219 g/mol. The third-order valence-electron chi connectivity index (χ3n) is 3.39. The van der Waals surface area contributed by atoms with Crippen molar-refractivity contribution < 1.29 is 4.79 Å². The lowest BCUT2D eigenvalue weighted by molar-refractivity contribution is -0.144. The maximum Gasteiger partial charge on any atom is 0.183 e. The van der Waals surface area contributed by atoms with Crippen LogP contribution in [0.2, 0.25) is 0 Å². The number of hydrogen-bond donors (Lipinski definition) is 0. The summed E-state index contributed by atoms with van der Waals surface area (Å²) in [6.07, 6.45) is 3.94. The standard InChI is InChI=1S/C10H12Cl2O/c1-6-3-4-9(2)7(5-6)10(11,12)8(9)13/h5,7H,3-4H2,1-2H3. The number of alkyl halides is 2. The van der Waals surface area contributed by atoms with Crippen molar-refractivity contribution in [3.8, 4) is 0 Å². The van der Waals surface area contributed by atoms with Gasteiger partial charge in [-0.25, -0.2) is 0 Å². The fourth-order valence-corrected chi connectivity index (χ4v) is 3.41. The molecule has 1 fully saturated rings. The van der Waals surface area contributed by atoms with E-state index in [2.05, 4.69) is 13.0 Å². The first kappa shape index (κ1) is 9.54. The van der Waals surface area contributed by atoms with Crippen molar-refractivity contribution in [2.75, 3.05) is 0 Å². The summed E-state index contributed by atoms with van der Waals surface area (Å²) in [7, 11) is 0. The van der Waals surface area contributed by atoms with Gasteiger partial charge in [0.1, 0.15) is 0 Å². The second-order valence-electron chi connectivity index (χ2n) is 4.36. The highest BCUT2D eigenvalue weighted by molar-refractivity contribution is 6.61. The van der Waals surface area contributed by atoms with Crippen LogP contribution in [0.25, 0.3) is 0 Å². The van der Waals surface area contributed by atoms with Gasteiger partial charge in [0.15, 0.2) is 10.1 Å². The van der Waals surface area contributed by atoms with Crippen LogP contribution >= 0.6 is 23.2 Å². The lowest BCUT2D eigenvalue weighted by atomic mass is 9.54. The van der Waals surface area contributed by atoms with Gasteiger partial charge >= 0.3 is 0 Å². The van der Waals surface area contributed by atoms with E-state index in [-0.39, 0.29) is 17.1 Å². The van der Waals surface area contributed by atoms with Crippen LogP contribution < -0.4 is 0 Å². The van der Waals surface area contributed by atoms with Crippen molar-refractivity contribution in [1.82, 2.24) is 0 Å². The third kappa shape index (κ3) is 1.04. The second kappa shape index (κ2) is 2.52. The maximum absolute atomic E-state index is 11.7. The lowest BCUT2D eigenvalue weighted by Gasteiger charge is -2.54. The zero-order valence-corrected chi connectivity index (χ0v) is 9.24. The lowest BCUT2D eigenvalue weighted by Crippen LogP contribution is -2.63. The van der Waals surface area contributed by atoms with Gasteiger partial charge in [-0.1, -0.05) is 41.8 Å². The molecule has 0 aromatic rings. The summed E-state index contributed by atoms with van der Waals surface area (Å²) >= 11 is 11.9. The Balaban J connectivity index is 2.39. The number of hydrogen-bond acceptors (Lipinski definition) is 1. The molecule has 1 saturated carbocycles. The molecule has 2 aliphatic carbocycles. The first-order valence-electron chi connectivity index (χ1n) is 4.49. The number of carbonyl (C=O) groups excluding carboxylic acids is 1. The van der Waals surface area contributed by atoms with Crippen LogP contribution in [0.3, 0.4) is 0 Å². The Kier molecular flexibility index (Phi) is 1.85. The molecule has 1 nitrogen and oxygen atoms in total. The quantitative estimate of drug-likeness (QED) is 0.452.